The van der Waals surface area contributed by atoms with E-state index in [2.05, 4.69) is 98.0 Å². The highest BCUT2D eigenvalue weighted by Gasteiger charge is 2.70. The third kappa shape index (κ3) is 6.85. The molecule has 6 aliphatic rings. The SMILES string of the molecule is CC(C)C1=C2[C@H]3CC[C@@H]4[C@@]5(C)CC[C@H](OC(=O)[C@H]6C[C@@H](Cc7ccccc7)C6(C)C)C(C)(C)[C@@H]5CC[C@@]4(C)[C@]3(C)CC[C@@]2(NC(=O)C(C)(C)CC(=O)C(C)(C)C)CC1=O. The van der Waals surface area contributed by atoms with Gasteiger partial charge in [0.2, 0.25) is 5.91 Å². The quantitative estimate of drug-likeness (QED) is 0.251. The largest absolute Gasteiger partial charge is 0.462 e. The van der Waals surface area contributed by atoms with Crippen molar-refractivity contribution in [1.82, 2.24) is 5.32 Å². The molecule has 5 fully saturated rings. The van der Waals surface area contributed by atoms with E-state index in [4.69, 9.17) is 4.74 Å². The number of nitrogens with one attached hydrogen (secondary N) is 1. The number of esters is 1. The lowest BCUT2D eigenvalue weighted by Crippen LogP contribution is -2.67. The first-order valence-corrected chi connectivity index (χ1v) is 23.5. The fourth-order valence-corrected chi connectivity index (χ4v) is 15.0. The molecule has 0 heterocycles. The molecule has 5 saturated carbocycles. The Morgan fingerprint density at radius 2 is 1.46 bits per heavy atom. The topological polar surface area (TPSA) is 89.5 Å². The van der Waals surface area contributed by atoms with Gasteiger partial charge in [0.15, 0.2) is 5.78 Å². The molecule has 0 aliphatic heterocycles. The van der Waals surface area contributed by atoms with E-state index in [1.54, 1.807) is 0 Å². The molecule has 1 amide bonds. The molecule has 0 bridgehead atoms. The van der Waals surface area contributed by atoms with Crippen molar-refractivity contribution in [2.45, 2.75) is 186 Å². The monoisotopic (exact) mass is 810 g/mol. The minimum atomic E-state index is -0.885. The lowest BCUT2D eigenvalue weighted by Gasteiger charge is -2.72. The maximum Gasteiger partial charge on any atom is 0.309 e. The molecule has 6 heteroatoms. The minimum absolute atomic E-state index is 0.0111. The molecule has 6 nitrogen and oxygen atoms in total. The number of benzene rings is 1. The number of carbonyl (C=O) groups is 4. The molecular formula is C53H79NO5. The predicted octanol–water partition coefficient (Wildman–Crippen LogP) is 11.7. The normalized spacial score (nSPS) is 38.7. The van der Waals surface area contributed by atoms with Crippen molar-refractivity contribution in [3.05, 3.63) is 47.0 Å². The van der Waals surface area contributed by atoms with Gasteiger partial charge in [-0.15, -0.1) is 0 Å². The molecular weight excluding hydrogens is 731 g/mol. The van der Waals surface area contributed by atoms with Crippen LogP contribution in [0.5, 0.6) is 0 Å². The Labute approximate surface area is 357 Å². The van der Waals surface area contributed by atoms with Gasteiger partial charge in [-0.2, -0.15) is 0 Å². The number of ketones is 2. The van der Waals surface area contributed by atoms with Crippen molar-refractivity contribution >= 4 is 23.4 Å². The zero-order chi connectivity index (χ0) is 43.5. The standard InChI is InChI=1S/C53H79NO5/c1-32(2)42-37(55)30-53(54-45(58)47(6,7)31-40(56)46(3,4)5)27-26-51(13)35(43(42)53)20-21-39-50(12)24-23-41(49(10,11)38(50)22-25-52(39,51)14)59-44(57)36-29-34(48(36,8)9)28-33-18-16-15-17-19-33/h15-19,32,34-36,38-39,41H,20-31H2,1-14H3,(H,54,58)/t34-,35-,36-,38+,39-,41+,50+,51-,52-,53-/m1/s1. The van der Waals surface area contributed by atoms with Gasteiger partial charge in [-0.25, -0.2) is 0 Å². The van der Waals surface area contributed by atoms with E-state index < -0.39 is 16.4 Å². The van der Waals surface area contributed by atoms with Crippen LogP contribution in [0.1, 0.15) is 173 Å². The predicted molar refractivity (Wildman–Crippen MR) is 236 cm³/mol. The summed E-state index contributed by atoms with van der Waals surface area (Å²) < 4.78 is 6.67. The highest BCUT2D eigenvalue weighted by molar-refractivity contribution is 6.02. The first-order valence-electron chi connectivity index (χ1n) is 23.5. The van der Waals surface area contributed by atoms with E-state index in [1.165, 1.54) is 11.1 Å². The van der Waals surface area contributed by atoms with E-state index in [0.717, 1.165) is 69.8 Å². The van der Waals surface area contributed by atoms with Gasteiger partial charge in [0.05, 0.1) is 16.9 Å². The second kappa shape index (κ2) is 14.4. The average Bonchev–Trinajstić information content (AvgIpc) is 3.42. The van der Waals surface area contributed by atoms with Crippen LogP contribution in [0.25, 0.3) is 0 Å². The molecule has 0 saturated heterocycles. The molecule has 7 rings (SSSR count). The zero-order valence-electron chi connectivity index (χ0n) is 39.5. The number of carbonyl (C=O) groups excluding carboxylic acids is 4. The van der Waals surface area contributed by atoms with Gasteiger partial charge in [0.1, 0.15) is 11.9 Å². The number of ether oxygens (including phenoxy) is 1. The zero-order valence-corrected chi connectivity index (χ0v) is 39.5. The summed E-state index contributed by atoms with van der Waals surface area (Å²) in [6, 6.07) is 10.7. The fraction of sp³-hybridized carbons (Fsp3) is 0.774. The van der Waals surface area contributed by atoms with Crippen LogP contribution in [-0.2, 0) is 30.3 Å². The molecule has 0 unspecified atom stereocenters. The van der Waals surface area contributed by atoms with Crippen molar-refractivity contribution < 1.29 is 23.9 Å². The van der Waals surface area contributed by atoms with Crippen LogP contribution in [0.15, 0.2) is 41.5 Å². The molecule has 6 aliphatic carbocycles. The average molecular weight is 810 g/mol. The third-order valence-corrected chi connectivity index (χ3v) is 19.1. The molecule has 0 radical (unpaired) electrons. The number of hydrogen-bond acceptors (Lipinski definition) is 5. The number of allylic oxidation sites excluding steroid dienone is 1. The van der Waals surface area contributed by atoms with E-state index in [0.29, 0.717) is 24.2 Å². The van der Waals surface area contributed by atoms with Gasteiger partial charge in [-0.1, -0.05) is 127 Å². The molecule has 59 heavy (non-hydrogen) atoms. The maximum absolute atomic E-state index is 14.3. The van der Waals surface area contributed by atoms with E-state index >= 15 is 0 Å². The highest BCUT2D eigenvalue weighted by Crippen LogP contribution is 2.76. The van der Waals surface area contributed by atoms with E-state index in [9.17, 15) is 19.2 Å². The minimum Gasteiger partial charge on any atom is -0.462 e. The van der Waals surface area contributed by atoms with Crippen molar-refractivity contribution in [2.24, 2.45) is 73.4 Å². The van der Waals surface area contributed by atoms with Crippen LogP contribution in [0, 0.1) is 73.4 Å². The Bertz CT molecular complexity index is 1900. The fourth-order valence-electron chi connectivity index (χ4n) is 15.0. The Morgan fingerprint density at radius 3 is 2.07 bits per heavy atom. The summed E-state index contributed by atoms with van der Waals surface area (Å²) in [6.45, 7) is 30.9. The van der Waals surface area contributed by atoms with Crippen molar-refractivity contribution in [2.75, 3.05) is 0 Å². The van der Waals surface area contributed by atoms with Crippen LogP contribution >= 0.6 is 0 Å². The van der Waals surface area contributed by atoms with Gasteiger partial charge in [-0.05, 0) is 132 Å². The molecule has 0 spiro atoms. The first kappa shape index (κ1) is 44.3. The summed E-state index contributed by atoms with van der Waals surface area (Å²) in [5.41, 5.74) is 1.33. The summed E-state index contributed by atoms with van der Waals surface area (Å²) >= 11 is 0. The summed E-state index contributed by atoms with van der Waals surface area (Å²) in [5.74, 6) is 1.83. The number of Topliss-reactive ketones (excluding diaryl/α,β-unsaturated/α-hetero) is 2. The van der Waals surface area contributed by atoms with Gasteiger partial charge < -0.3 is 10.1 Å². The van der Waals surface area contributed by atoms with Gasteiger partial charge in [0, 0.05) is 23.7 Å². The number of fused-ring (bicyclic) bond motifs is 7. The lowest BCUT2D eigenvalue weighted by molar-refractivity contribution is -0.235. The number of rotatable bonds is 9. The van der Waals surface area contributed by atoms with Gasteiger partial charge in [0.25, 0.3) is 0 Å². The Hall–Kier alpha value is -2.76. The molecule has 1 aromatic carbocycles. The molecule has 326 valence electrons. The number of amides is 1. The molecule has 1 aromatic rings. The molecule has 10 atom stereocenters. The molecule has 0 aromatic heterocycles. The third-order valence-electron chi connectivity index (χ3n) is 19.1. The smallest absolute Gasteiger partial charge is 0.309 e. The lowest BCUT2D eigenvalue weighted by atomic mass is 9.33. The highest BCUT2D eigenvalue weighted by atomic mass is 16.5. The second-order valence-corrected chi connectivity index (χ2v) is 24.7. The second-order valence-electron chi connectivity index (χ2n) is 24.7. The van der Waals surface area contributed by atoms with Gasteiger partial charge >= 0.3 is 5.97 Å². The Kier molecular flexibility index (Phi) is 10.8. The van der Waals surface area contributed by atoms with Crippen LogP contribution in [-0.4, -0.2) is 35.1 Å². The maximum atomic E-state index is 14.3. The van der Waals surface area contributed by atoms with E-state index in [-0.39, 0.29) is 80.8 Å². The first-order chi connectivity index (χ1) is 27.2. The van der Waals surface area contributed by atoms with Crippen LogP contribution in [0.4, 0.5) is 0 Å². The van der Waals surface area contributed by atoms with Crippen LogP contribution in [0.2, 0.25) is 0 Å². The van der Waals surface area contributed by atoms with E-state index in [1.807, 2.05) is 34.6 Å². The molecule has 1 N–H and O–H groups in total. The van der Waals surface area contributed by atoms with Crippen LogP contribution in [0.3, 0.4) is 0 Å². The van der Waals surface area contributed by atoms with Gasteiger partial charge in [-0.3, -0.25) is 19.2 Å². The summed E-state index contributed by atoms with van der Waals surface area (Å²) in [4.78, 5) is 55.8. The number of hydrogen-bond donors (Lipinski definition) is 1. The van der Waals surface area contributed by atoms with Crippen molar-refractivity contribution in [3.8, 4) is 0 Å². The van der Waals surface area contributed by atoms with Crippen LogP contribution < -0.4 is 5.32 Å². The Balaban J connectivity index is 1.11. The summed E-state index contributed by atoms with van der Waals surface area (Å²) in [7, 11) is 0. The summed E-state index contributed by atoms with van der Waals surface area (Å²) in [5, 5.41) is 3.55. The Morgan fingerprint density at radius 1 is 0.797 bits per heavy atom. The van der Waals surface area contributed by atoms with Crippen molar-refractivity contribution in [1.29, 1.82) is 0 Å². The van der Waals surface area contributed by atoms with Crippen molar-refractivity contribution in [3.63, 3.8) is 0 Å². The summed E-state index contributed by atoms with van der Waals surface area (Å²) in [6.07, 6.45) is 10.3.